The fourth-order valence-electron chi connectivity index (χ4n) is 2.19. The van der Waals surface area contributed by atoms with Gasteiger partial charge in [0, 0.05) is 12.6 Å². The third-order valence-corrected chi connectivity index (χ3v) is 2.94. The molecule has 1 aliphatic carbocycles. The number of amides is 1. The number of rotatable bonds is 3. The summed E-state index contributed by atoms with van der Waals surface area (Å²) in [6.07, 6.45) is 3.32. The minimum Gasteiger partial charge on any atom is -0.444 e. The summed E-state index contributed by atoms with van der Waals surface area (Å²) >= 11 is 0. The monoisotopic (exact) mass is 228 g/mol. The lowest BCUT2D eigenvalue weighted by Crippen LogP contribution is -2.39. The van der Waals surface area contributed by atoms with Gasteiger partial charge in [0.1, 0.15) is 5.60 Å². The minimum atomic E-state index is -0.415. The molecule has 16 heavy (non-hydrogen) atoms. The average Bonchev–Trinajstić information content (AvgIpc) is 2.59. The molecule has 1 rings (SSSR count). The number of ether oxygens (including phenoxy) is 1. The normalized spacial score (nSPS) is 25.5. The topological polar surface area (TPSA) is 50.4 Å². The maximum absolute atomic E-state index is 11.5. The van der Waals surface area contributed by atoms with Gasteiger partial charge in [0.05, 0.1) is 0 Å². The van der Waals surface area contributed by atoms with Crippen molar-refractivity contribution < 1.29 is 9.53 Å². The molecule has 0 aromatic rings. The molecule has 94 valence electrons. The number of carbonyl (C=O) groups excluding carboxylic acids is 1. The van der Waals surface area contributed by atoms with E-state index in [1.807, 2.05) is 27.8 Å². The Morgan fingerprint density at radius 3 is 2.62 bits per heavy atom. The zero-order valence-corrected chi connectivity index (χ0v) is 10.8. The van der Waals surface area contributed by atoms with Gasteiger partial charge < -0.3 is 15.4 Å². The number of alkyl carbamates (subject to hydrolysis) is 1. The van der Waals surface area contributed by atoms with E-state index in [1.165, 1.54) is 19.3 Å². The van der Waals surface area contributed by atoms with E-state index < -0.39 is 5.60 Å². The number of nitrogens with one attached hydrogen (secondary N) is 2. The largest absolute Gasteiger partial charge is 0.444 e. The molecule has 1 saturated carbocycles. The van der Waals surface area contributed by atoms with Gasteiger partial charge in [-0.15, -0.1) is 0 Å². The van der Waals surface area contributed by atoms with Crippen LogP contribution in [0.5, 0.6) is 0 Å². The van der Waals surface area contributed by atoms with Crippen molar-refractivity contribution >= 4 is 6.09 Å². The maximum Gasteiger partial charge on any atom is 0.407 e. The van der Waals surface area contributed by atoms with E-state index in [4.69, 9.17) is 4.74 Å². The first kappa shape index (κ1) is 13.3. The summed E-state index contributed by atoms with van der Waals surface area (Å²) < 4.78 is 5.20. The van der Waals surface area contributed by atoms with E-state index >= 15 is 0 Å². The lowest BCUT2D eigenvalue weighted by molar-refractivity contribution is 0.0517. The van der Waals surface area contributed by atoms with Crippen LogP contribution < -0.4 is 10.6 Å². The number of carbonyl (C=O) groups is 1. The van der Waals surface area contributed by atoms with Crippen LogP contribution in [0.2, 0.25) is 0 Å². The van der Waals surface area contributed by atoms with Crippen molar-refractivity contribution in [3.63, 3.8) is 0 Å². The van der Waals surface area contributed by atoms with Gasteiger partial charge in [0.2, 0.25) is 0 Å². The highest BCUT2D eigenvalue weighted by Crippen LogP contribution is 2.24. The van der Waals surface area contributed by atoms with Crippen molar-refractivity contribution in [3.05, 3.63) is 0 Å². The van der Waals surface area contributed by atoms with Gasteiger partial charge in [-0.3, -0.25) is 0 Å². The smallest absolute Gasteiger partial charge is 0.407 e. The Kier molecular flexibility index (Phi) is 4.59. The van der Waals surface area contributed by atoms with E-state index in [9.17, 15) is 4.79 Å². The Hall–Kier alpha value is -0.770. The maximum atomic E-state index is 11.5. The van der Waals surface area contributed by atoms with E-state index in [2.05, 4.69) is 10.6 Å². The molecule has 0 aromatic heterocycles. The molecular weight excluding hydrogens is 204 g/mol. The van der Waals surface area contributed by atoms with Crippen LogP contribution in [-0.2, 0) is 4.74 Å². The summed E-state index contributed by atoms with van der Waals surface area (Å²) in [5.74, 6) is 0.539. The lowest BCUT2D eigenvalue weighted by Gasteiger charge is -2.22. The van der Waals surface area contributed by atoms with Crippen LogP contribution in [0.15, 0.2) is 0 Å². The summed E-state index contributed by atoms with van der Waals surface area (Å²) in [5, 5.41) is 6.14. The second-order valence-electron chi connectivity index (χ2n) is 5.47. The molecule has 1 fully saturated rings. The van der Waals surface area contributed by atoms with Crippen LogP contribution in [0, 0.1) is 5.92 Å². The summed E-state index contributed by atoms with van der Waals surface area (Å²) in [7, 11) is 1.98. The summed E-state index contributed by atoms with van der Waals surface area (Å²) in [6.45, 7) is 6.33. The van der Waals surface area contributed by atoms with Crippen molar-refractivity contribution in [2.24, 2.45) is 5.92 Å². The second-order valence-corrected chi connectivity index (χ2v) is 5.47. The summed E-state index contributed by atoms with van der Waals surface area (Å²) in [5.41, 5.74) is -0.415. The van der Waals surface area contributed by atoms with Crippen molar-refractivity contribution in [1.82, 2.24) is 10.6 Å². The van der Waals surface area contributed by atoms with Crippen molar-refractivity contribution in [2.75, 3.05) is 13.6 Å². The van der Waals surface area contributed by atoms with Gasteiger partial charge in [-0.05, 0) is 46.6 Å². The Balaban J connectivity index is 2.26. The molecule has 4 heteroatoms. The first-order valence-electron chi connectivity index (χ1n) is 6.06. The second kappa shape index (κ2) is 5.53. The molecule has 0 bridgehead atoms. The molecule has 0 saturated heterocycles. The van der Waals surface area contributed by atoms with Crippen LogP contribution in [0.4, 0.5) is 4.79 Å². The fraction of sp³-hybridized carbons (Fsp3) is 0.917. The standard InChI is InChI=1S/C12H24N2O2/c1-12(2,3)16-11(15)14-8-9-6-5-7-10(9)13-4/h9-10,13H,5-8H2,1-4H3,(H,14,15). The molecular formula is C12H24N2O2. The molecule has 0 spiro atoms. The molecule has 1 amide bonds. The molecule has 2 N–H and O–H groups in total. The van der Waals surface area contributed by atoms with Crippen LogP contribution in [0.1, 0.15) is 40.0 Å². The highest BCUT2D eigenvalue weighted by atomic mass is 16.6. The molecule has 4 nitrogen and oxygen atoms in total. The van der Waals surface area contributed by atoms with Crippen LogP contribution >= 0.6 is 0 Å². The Bertz CT molecular complexity index is 236. The van der Waals surface area contributed by atoms with E-state index in [1.54, 1.807) is 0 Å². The van der Waals surface area contributed by atoms with E-state index in [-0.39, 0.29) is 6.09 Å². The first-order chi connectivity index (χ1) is 7.42. The quantitative estimate of drug-likeness (QED) is 0.775. The third-order valence-electron chi connectivity index (χ3n) is 2.94. The Morgan fingerprint density at radius 1 is 1.38 bits per heavy atom. The van der Waals surface area contributed by atoms with Gasteiger partial charge in [0.25, 0.3) is 0 Å². The van der Waals surface area contributed by atoms with Gasteiger partial charge in [0.15, 0.2) is 0 Å². The SMILES string of the molecule is CNC1CCCC1CNC(=O)OC(C)(C)C. The van der Waals surface area contributed by atoms with E-state index in [0.717, 1.165) is 0 Å². The zero-order valence-electron chi connectivity index (χ0n) is 10.8. The predicted octanol–water partition coefficient (Wildman–Crippen LogP) is 1.90. The van der Waals surface area contributed by atoms with Crippen molar-refractivity contribution in [1.29, 1.82) is 0 Å². The molecule has 2 atom stereocenters. The number of hydrogen-bond donors (Lipinski definition) is 2. The van der Waals surface area contributed by atoms with Crippen LogP contribution in [0.3, 0.4) is 0 Å². The molecule has 0 aromatic carbocycles. The molecule has 0 aliphatic heterocycles. The third kappa shape index (κ3) is 4.39. The summed E-state index contributed by atoms with van der Waals surface area (Å²) in [6, 6.07) is 0.537. The highest BCUT2D eigenvalue weighted by Gasteiger charge is 2.26. The van der Waals surface area contributed by atoms with Crippen molar-refractivity contribution in [2.45, 2.75) is 51.7 Å². The van der Waals surface area contributed by atoms with Gasteiger partial charge in [-0.25, -0.2) is 4.79 Å². The lowest BCUT2D eigenvalue weighted by atomic mass is 10.0. The zero-order chi connectivity index (χ0) is 12.2. The van der Waals surface area contributed by atoms with Crippen LogP contribution in [-0.4, -0.2) is 31.3 Å². The van der Waals surface area contributed by atoms with Gasteiger partial charge in [-0.1, -0.05) is 6.42 Å². The predicted molar refractivity (Wildman–Crippen MR) is 64.4 cm³/mol. The van der Waals surface area contributed by atoms with Gasteiger partial charge >= 0.3 is 6.09 Å². The first-order valence-corrected chi connectivity index (χ1v) is 6.06. The van der Waals surface area contributed by atoms with Crippen LogP contribution in [0.25, 0.3) is 0 Å². The van der Waals surface area contributed by atoms with Crippen molar-refractivity contribution in [3.8, 4) is 0 Å². The minimum absolute atomic E-state index is 0.311. The van der Waals surface area contributed by atoms with Gasteiger partial charge in [-0.2, -0.15) is 0 Å². The summed E-state index contributed by atoms with van der Waals surface area (Å²) in [4.78, 5) is 11.5. The van der Waals surface area contributed by atoms with E-state index in [0.29, 0.717) is 18.5 Å². The Morgan fingerprint density at radius 2 is 2.06 bits per heavy atom. The molecule has 0 radical (unpaired) electrons. The Labute approximate surface area is 98.1 Å². The average molecular weight is 228 g/mol. The highest BCUT2D eigenvalue weighted by molar-refractivity contribution is 5.67. The molecule has 2 unspecified atom stereocenters. The number of hydrogen-bond acceptors (Lipinski definition) is 3. The molecule has 0 heterocycles. The molecule has 1 aliphatic rings. The fourth-order valence-corrected chi connectivity index (χ4v) is 2.19.